The van der Waals surface area contributed by atoms with Crippen LogP contribution in [0, 0.1) is 5.82 Å². The molecule has 1 heterocycles. The number of aromatic nitrogens is 3. The van der Waals surface area contributed by atoms with E-state index in [1.807, 2.05) is 0 Å². The fourth-order valence-electron chi connectivity index (χ4n) is 1.86. The van der Waals surface area contributed by atoms with E-state index in [0.29, 0.717) is 11.5 Å². The highest BCUT2D eigenvalue weighted by atomic mass is 35.5. The van der Waals surface area contributed by atoms with Gasteiger partial charge in [-0.3, -0.25) is 0 Å². The first-order valence-corrected chi connectivity index (χ1v) is 7.55. The van der Waals surface area contributed by atoms with E-state index in [2.05, 4.69) is 15.4 Å². The van der Waals surface area contributed by atoms with Gasteiger partial charge in [0.15, 0.2) is 11.6 Å². The van der Waals surface area contributed by atoms with Crippen LogP contribution in [-0.2, 0) is 17.9 Å². The quantitative estimate of drug-likeness (QED) is 0.878. The number of nitrogens with zero attached hydrogens (tertiary/aromatic N) is 3. The van der Waals surface area contributed by atoms with Crippen LogP contribution in [0.25, 0.3) is 5.69 Å². The molecule has 0 aliphatic carbocycles. The molecule has 1 aromatic carbocycles. The average Bonchev–Trinajstić information content (AvgIpc) is 2.89. The summed E-state index contributed by atoms with van der Waals surface area (Å²) >= 11 is 5.67. The van der Waals surface area contributed by atoms with E-state index >= 15 is 0 Å². The van der Waals surface area contributed by atoms with Crippen LogP contribution in [0.15, 0.2) is 18.2 Å². The Morgan fingerprint density at radius 2 is 2.17 bits per heavy atom. The maximum Gasteiger partial charge on any atom is 0.408 e. The van der Waals surface area contributed by atoms with Gasteiger partial charge in [0.05, 0.1) is 17.3 Å². The van der Waals surface area contributed by atoms with E-state index in [0.717, 1.165) is 0 Å². The lowest BCUT2D eigenvalue weighted by atomic mass is 10.2. The molecular formula is C15H18ClFN4O3. The molecule has 0 saturated carbocycles. The van der Waals surface area contributed by atoms with Gasteiger partial charge in [-0.25, -0.2) is 18.9 Å². The van der Waals surface area contributed by atoms with Crippen molar-refractivity contribution in [2.24, 2.45) is 0 Å². The van der Waals surface area contributed by atoms with Gasteiger partial charge in [-0.15, -0.1) is 5.10 Å². The third kappa shape index (κ3) is 4.65. The number of hydrogen-bond acceptors (Lipinski definition) is 5. The summed E-state index contributed by atoms with van der Waals surface area (Å²) in [6, 6.07) is 4.13. The van der Waals surface area contributed by atoms with Gasteiger partial charge in [0.1, 0.15) is 18.0 Å². The third-order valence-electron chi connectivity index (χ3n) is 2.80. The van der Waals surface area contributed by atoms with Gasteiger partial charge in [-0.05, 0) is 32.9 Å². The first kappa shape index (κ1) is 18.2. The van der Waals surface area contributed by atoms with Gasteiger partial charge in [-0.2, -0.15) is 0 Å². The second-order valence-electron chi connectivity index (χ2n) is 5.97. The molecular weight excluding hydrogens is 339 g/mol. The van der Waals surface area contributed by atoms with E-state index in [1.165, 1.54) is 16.8 Å². The van der Waals surface area contributed by atoms with Crippen molar-refractivity contribution in [3.05, 3.63) is 40.7 Å². The summed E-state index contributed by atoms with van der Waals surface area (Å²) in [5.74, 6) is -0.153. The molecule has 1 aromatic heterocycles. The Bertz CT molecular complexity index is 743. The van der Waals surface area contributed by atoms with Crippen LogP contribution in [0.5, 0.6) is 0 Å². The standard InChI is InChI=1S/C15H18ClFN4O3/c1-15(2,3)24-14(23)18-7-13-19-12(8-22)20-21(13)9-4-5-10(16)11(17)6-9/h4-6,22H,7-8H2,1-3H3,(H,18,23). The zero-order valence-electron chi connectivity index (χ0n) is 13.5. The molecule has 2 rings (SSSR count). The number of alkyl carbamates (subject to hydrolysis) is 1. The number of ether oxygens (including phenoxy) is 1. The number of amides is 1. The van der Waals surface area contributed by atoms with Crippen LogP contribution in [0.1, 0.15) is 32.4 Å². The molecule has 0 spiro atoms. The fourth-order valence-corrected chi connectivity index (χ4v) is 1.98. The van der Waals surface area contributed by atoms with Crippen molar-refractivity contribution in [1.82, 2.24) is 20.1 Å². The van der Waals surface area contributed by atoms with Crippen molar-refractivity contribution in [2.75, 3.05) is 0 Å². The summed E-state index contributed by atoms with van der Waals surface area (Å²) in [6.45, 7) is 4.84. The highest BCUT2D eigenvalue weighted by molar-refractivity contribution is 6.30. The molecule has 9 heteroatoms. The Kier molecular flexibility index (Phi) is 5.40. The topological polar surface area (TPSA) is 89.3 Å². The summed E-state index contributed by atoms with van der Waals surface area (Å²) in [4.78, 5) is 15.8. The summed E-state index contributed by atoms with van der Waals surface area (Å²) < 4.78 is 20.1. The zero-order chi connectivity index (χ0) is 17.9. The van der Waals surface area contributed by atoms with E-state index in [9.17, 15) is 14.3 Å². The second-order valence-corrected chi connectivity index (χ2v) is 6.38. The predicted molar refractivity (Wildman–Crippen MR) is 85.3 cm³/mol. The van der Waals surface area contributed by atoms with Crippen LogP contribution in [0.4, 0.5) is 9.18 Å². The lowest BCUT2D eigenvalue weighted by Crippen LogP contribution is -2.32. The normalized spacial score (nSPS) is 11.4. The largest absolute Gasteiger partial charge is 0.444 e. The van der Waals surface area contributed by atoms with E-state index in [4.69, 9.17) is 16.3 Å². The first-order valence-electron chi connectivity index (χ1n) is 7.17. The molecule has 0 bridgehead atoms. The molecule has 0 aliphatic rings. The Balaban J connectivity index is 2.22. The number of aliphatic hydroxyl groups is 1. The molecule has 130 valence electrons. The molecule has 0 atom stereocenters. The summed E-state index contributed by atoms with van der Waals surface area (Å²) in [7, 11) is 0. The van der Waals surface area contributed by atoms with Crippen molar-refractivity contribution >= 4 is 17.7 Å². The Morgan fingerprint density at radius 3 is 2.75 bits per heavy atom. The lowest BCUT2D eigenvalue weighted by Gasteiger charge is -2.19. The van der Waals surface area contributed by atoms with Crippen LogP contribution >= 0.6 is 11.6 Å². The minimum Gasteiger partial charge on any atom is -0.444 e. The Hall–Kier alpha value is -2.19. The van der Waals surface area contributed by atoms with Crippen LogP contribution in [0.2, 0.25) is 5.02 Å². The molecule has 0 radical (unpaired) electrons. The maximum atomic E-state index is 13.7. The smallest absolute Gasteiger partial charge is 0.408 e. The minimum absolute atomic E-state index is 0.00778. The van der Waals surface area contributed by atoms with Crippen molar-refractivity contribution in [3.8, 4) is 5.69 Å². The number of halogens is 2. The molecule has 0 unspecified atom stereocenters. The van der Waals surface area contributed by atoms with E-state index < -0.39 is 17.5 Å². The molecule has 24 heavy (non-hydrogen) atoms. The van der Waals surface area contributed by atoms with Gasteiger partial charge >= 0.3 is 6.09 Å². The fraction of sp³-hybridized carbons (Fsp3) is 0.400. The molecule has 0 fully saturated rings. The Labute approximate surface area is 143 Å². The van der Waals surface area contributed by atoms with E-state index in [1.54, 1.807) is 26.8 Å². The highest BCUT2D eigenvalue weighted by Crippen LogP contribution is 2.19. The van der Waals surface area contributed by atoms with Gasteiger partial charge in [0.2, 0.25) is 0 Å². The molecule has 2 aromatic rings. The van der Waals surface area contributed by atoms with Gasteiger partial charge in [0.25, 0.3) is 0 Å². The minimum atomic E-state index is -0.632. The first-order chi connectivity index (χ1) is 11.2. The number of hydrogen-bond donors (Lipinski definition) is 2. The molecule has 2 N–H and O–H groups in total. The SMILES string of the molecule is CC(C)(C)OC(=O)NCc1nc(CO)nn1-c1ccc(Cl)c(F)c1. The summed E-state index contributed by atoms with van der Waals surface area (Å²) in [5.41, 5.74) is -0.266. The summed E-state index contributed by atoms with van der Waals surface area (Å²) in [6.07, 6.45) is -0.620. The van der Waals surface area contributed by atoms with Crippen LogP contribution < -0.4 is 5.32 Å². The van der Waals surface area contributed by atoms with Gasteiger partial charge < -0.3 is 15.2 Å². The monoisotopic (exact) mass is 356 g/mol. The highest BCUT2D eigenvalue weighted by Gasteiger charge is 2.18. The number of carbonyl (C=O) groups is 1. The van der Waals surface area contributed by atoms with Crippen LogP contribution in [0.3, 0.4) is 0 Å². The van der Waals surface area contributed by atoms with Crippen molar-refractivity contribution in [3.63, 3.8) is 0 Å². The third-order valence-corrected chi connectivity index (χ3v) is 3.10. The number of rotatable bonds is 4. The second kappa shape index (κ2) is 7.14. The average molecular weight is 357 g/mol. The summed E-state index contributed by atoms with van der Waals surface area (Å²) in [5, 5.41) is 15.8. The molecule has 7 nitrogen and oxygen atoms in total. The van der Waals surface area contributed by atoms with Crippen molar-refractivity contribution in [1.29, 1.82) is 0 Å². The molecule has 0 saturated heterocycles. The number of benzene rings is 1. The van der Waals surface area contributed by atoms with Crippen molar-refractivity contribution < 1.29 is 19.0 Å². The molecule has 1 amide bonds. The van der Waals surface area contributed by atoms with E-state index in [-0.39, 0.29) is 24.0 Å². The number of aliphatic hydroxyl groups excluding tert-OH is 1. The number of carbonyl (C=O) groups excluding carboxylic acids is 1. The van der Waals surface area contributed by atoms with Gasteiger partial charge in [0, 0.05) is 6.07 Å². The van der Waals surface area contributed by atoms with Gasteiger partial charge in [-0.1, -0.05) is 11.6 Å². The lowest BCUT2D eigenvalue weighted by molar-refractivity contribution is 0.0522. The van der Waals surface area contributed by atoms with Crippen molar-refractivity contribution in [2.45, 2.75) is 39.5 Å². The maximum absolute atomic E-state index is 13.7. The molecule has 0 aliphatic heterocycles. The predicted octanol–water partition coefficient (Wildman–Crippen LogP) is 2.58. The Morgan fingerprint density at radius 1 is 1.46 bits per heavy atom. The zero-order valence-corrected chi connectivity index (χ0v) is 14.3. The van der Waals surface area contributed by atoms with Crippen LogP contribution in [-0.4, -0.2) is 31.6 Å². The number of nitrogens with one attached hydrogen (secondary N) is 1.